The molecule has 0 fully saturated rings. The van der Waals surface area contributed by atoms with Crippen LogP contribution in [0.3, 0.4) is 0 Å². The number of ether oxygens (including phenoxy) is 2. The highest BCUT2D eigenvalue weighted by Crippen LogP contribution is 2.32. The van der Waals surface area contributed by atoms with Crippen molar-refractivity contribution >= 4 is 11.8 Å². The summed E-state index contributed by atoms with van der Waals surface area (Å²) < 4.78 is 10.7. The van der Waals surface area contributed by atoms with Gasteiger partial charge in [0.2, 0.25) is 0 Å². The van der Waals surface area contributed by atoms with E-state index in [2.05, 4.69) is 5.32 Å². The summed E-state index contributed by atoms with van der Waals surface area (Å²) in [7, 11) is 1.62. The average molecular weight is 319 g/mol. The quantitative estimate of drug-likeness (QED) is 0.738. The Morgan fingerprint density at radius 2 is 1.54 bits per heavy atom. The van der Waals surface area contributed by atoms with Crippen molar-refractivity contribution in [2.45, 2.75) is 0 Å². The van der Waals surface area contributed by atoms with Crippen molar-refractivity contribution in [2.24, 2.45) is 0 Å². The monoisotopic (exact) mass is 319 g/mol. The number of nitrogens with one attached hydrogen (secondary N) is 1. The van der Waals surface area contributed by atoms with Crippen molar-refractivity contribution in [1.82, 2.24) is 0 Å². The van der Waals surface area contributed by atoms with Crippen LogP contribution in [0.5, 0.6) is 11.5 Å². The van der Waals surface area contributed by atoms with E-state index in [-0.39, 0.29) is 0 Å². The van der Waals surface area contributed by atoms with Gasteiger partial charge >= 0.3 is 6.09 Å². The number of methoxy groups -OCH3 is 1. The van der Waals surface area contributed by atoms with E-state index in [1.54, 1.807) is 25.3 Å². The summed E-state index contributed by atoms with van der Waals surface area (Å²) in [6.07, 6.45) is -0.537. The Kier molecular flexibility index (Phi) is 4.77. The highest BCUT2D eigenvalue weighted by Gasteiger charge is 2.10. The molecular weight excluding hydrogens is 302 g/mol. The predicted molar refractivity (Wildman–Crippen MR) is 94.5 cm³/mol. The van der Waals surface area contributed by atoms with Crippen molar-refractivity contribution < 1.29 is 14.3 Å². The molecule has 0 unspecified atom stereocenters. The highest BCUT2D eigenvalue weighted by molar-refractivity contribution is 5.88. The van der Waals surface area contributed by atoms with Crippen LogP contribution in [0.25, 0.3) is 11.1 Å². The van der Waals surface area contributed by atoms with E-state index in [1.165, 1.54) is 0 Å². The summed E-state index contributed by atoms with van der Waals surface area (Å²) in [6.45, 7) is 0. The Labute approximate surface area is 140 Å². The van der Waals surface area contributed by atoms with Crippen molar-refractivity contribution in [1.29, 1.82) is 0 Å². The number of para-hydroxylation sites is 1. The first kappa shape index (κ1) is 15.6. The highest BCUT2D eigenvalue weighted by atomic mass is 16.6. The lowest BCUT2D eigenvalue weighted by atomic mass is 10.0. The molecule has 0 aromatic heterocycles. The second-order valence-electron chi connectivity index (χ2n) is 5.11. The molecule has 0 heterocycles. The maximum absolute atomic E-state index is 12.0. The average Bonchev–Trinajstić information content (AvgIpc) is 2.63. The van der Waals surface area contributed by atoms with Crippen molar-refractivity contribution in [2.75, 3.05) is 12.4 Å². The lowest BCUT2D eigenvalue weighted by Gasteiger charge is -2.12. The lowest BCUT2D eigenvalue weighted by Crippen LogP contribution is -2.16. The van der Waals surface area contributed by atoms with E-state index in [9.17, 15) is 4.79 Å². The molecule has 1 amide bonds. The van der Waals surface area contributed by atoms with Gasteiger partial charge in [0.1, 0.15) is 11.5 Å². The predicted octanol–water partition coefficient (Wildman–Crippen LogP) is 4.97. The summed E-state index contributed by atoms with van der Waals surface area (Å²) in [5.74, 6) is 1.23. The van der Waals surface area contributed by atoms with Crippen LogP contribution in [0.1, 0.15) is 0 Å². The van der Waals surface area contributed by atoms with Crippen LogP contribution in [0.2, 0.25) is 0 Å². The third-order valence-corrected chi connectivity index (χ3v) is 3.48. The van der Waals surface area contributed by atoms with Crippen LogP contribution >= 0.6 is 0 Å². The first-order valence-corrected chi connectivity index (χ1v) is 7.53. The molecule has 0 aliphatic heterocycles. The Bertz CT molecular complexity index is 817. The molecule has 0 bridgehead atoms. The Hall–Kier alpha value is -3.27. The molecule has 0 saturated heterocycles. The SMILES string of the molecule is COc1ccc(NC(=O)Oc2ccccc2)cc1-c1ccccc1. The number of carbonyl (C=O) groups is 1. The molecule has 3 aromatic rings. The summed E-state index contributed by atoms with van der Waals surface area (Å²) in [4.78, 5) is 12.0. The zero-order valence-corrected chi connectivity index (χ0v) is 13.2. The topological polar surface area (TPSA) is 47.6 Å². The number of anilines is 1. The van der Waals surface area contributed by atoms with Gasteiger partial charge in [-0.15, -0.1) is 0 Å². The van der Waals surface area contributed by atoms with Crippen LogP contribution in [-0.4, -0.2) is 13.2 Å². The molecule has 0 saturated carbocycles. The molecule has 1 N–H and O–H groups in total. The Balaban J connectivity index is 1.80. The second-order valence-corrected chi connectivity index (χ2v) is 5.11. The minimum Gasteiger partial charge on any atom is -0.496 e. The van der Waals surface area contributed by atoms with Crippen LogP contribution in [0.4, 0.5) is 10.5 Å². The summed E-state index contributed by atoms with van der Waals surface area (Å²) in [6, 6.07) is 24.2. The second kappa shape index (κ2) is 7.33. The maximum atomic E-state index is 12.0. The van der Waals surface area contributed by atoms with Crippen molar-refractivity contribution in [3.8, 4) is 22.6 Å². The van der Waals surface area contributed by atoms with Gasteiger partial charge in [-0.25, -0.2) is 4.79 Å². The normalized spacial score (nSPS) is 10.0. The molecule has 24 heavy (non-hydrogen) atoms. The molecule has 0 radical (unpaired) electrons. The fourth-order valence-electron chi connectivity index (χ4n) is 2.37. The number of rotatable bonds is 4. The largest absolute Gasteiger partial charge is 0.496 e. The van der Waals surface area contributed by atoms with Crippen molar-refractivity contribution in [3.05, 3.63) is 78.9 Å². The zero-order valence-electron chi connectivity index (χ0n) is 13.2. The summed E-state index contributed by atoms with van der Waals surface area (Å²) in [5.41, 5.74) is 2.54. The van der Waals surface area contributed by atoms with E-state index < -0.39 is 6.09 Å². The van der Waals surface area contributed by atoms with Gasteiger partial charge < -0.3 is 9.47 Å². The molecule has 3 aromatic carbocycles. The molecule has 0 aliphatic carbocycles. The third kappa shape index (κ3) is 3.73. The number of hydrogen-bond donors (Lipinski definition) is 1. The number of benzene rings is 3. The van der Waals surface area contributed by atoms with Gasteiger partial charge in [-0.3, -0.25) is 5.32 Å². The summed E-state index contributed by atoms with van der Waals surface area (Å²) >= 11 is 0. The first-order chi connectivity index (χ1) is 11.8. The smallest absolute Gasteiger partial charge is 0.417 e. The molecule has 4 heteroatoms. The summed E-state index contributed by atoms with van der Waals surface area (Å²) in [5, 5.41) is 2.74. The molecule has 0 atom stereocenters. The number of hydrogen-bond acceptors (Lipinski definition) is 3. The van der Waals surface area contributed by atoms with Gasteiger partial charge in [0.25, 0.3) is 0 Å². The van der Waals surface area contributed by atoms with Gasteiger partial charge in [-0.05, 0) is 35.9 Å². The van der Waals surface area contributed by atoms with Crippen LogP contribution in [0.15, 0.2) is 78.9 Å². The van der Waals surface area contributed by atoms with Crippen molar-refractivity contribution in [3.63, 3.8) is 0 Å². The van der Waals surface area contributed by atoms with Crippen LogP contribution in [-0.2, 0) is 0 Å². The van der Waals surface area contributed by atoms with E-state index >= 15 is 0 Å². The van der Waals surface area contributed by atoms with Crippen LogP contribution < -0.4 is 14.8 Å². The number of amides is 1. The molecular formula is C20H17NO3. The fraction of sp³-hybridized carbons (Fsp3) is 0.0500. The Morgan fingerprint density at radius 1 is 0.875 bits per heavy atom. The minimum atomic E-state index is -0.537. The number of carbonyl (C=O) groups excluding carboxylic acids is 1. The van der Waals surface area contributed by atoms with E-state index in [0.29, 0.717) is 11.4 Å². The Morgan fingerprint density at radius 3 is 2.21 bits per heavy atom. The third-order valence-electron chi connectivity index (χ3n) is 3.48. The van der Waals surface area contributed by atoms with E-state index in [4.69, 9.17) is 9.47 Å². The van der Waals surface area contributed by atoms with Gasteiger partial charge in [0.05, 0.1) is 7.11 Å². The van der Waals surface area contributed by atoms with E-state index in [1.807, 2.05) is 60.7 Å². The molecule has 3 rings (SSSR count). The van der Waals surface area contributed by atoms with Gasteiger partial charge in [0.15, 0.2) is 0 Å². The lowest BCUT2D eigenvalue weighted by molar-refractivity contribution is 0.215. The molecule has 0 spiro atoms. The molecule has 120 valence electrons. The maximum Gasteiger partial charge on any atom is 0.417 e. The molecule has 0 aliphatic rings. The zero-order chi connectivity index (χ0) is 16.8. The van der Waals surface area contributed by atoms with E-state index in [0.717, 1.165) is 16.9 Å². The first-order valence-electron chi connectivity index (χ1n) is 7.53. The van der Waals surface area contributed by atoms with Crippen LogP contribution in [0, 0.1) is 0 Å². The minimum absolute atomic E-state index is 0.492. The standard InChI is InChI=1S/C20H17NO3/c1-23-19-13-12-16(14-18(19)15-8-4-2-5-9-15)21-20(22)24-17-10-6-3-7-11-17/h2-14H,1H3,(H,21,22). The van der Waals surface area contributed by atoms with Gasteiger partial charge in [-0.1, -0.05) is 48.5 Å². The van der Waals surface area contributed by atoms with Gasteiger partial charge in [0, 0.05) is 11.3 Å². The molecule has 4 nitrogen and oxygen atoms in total. The van der Waals surface area contributed by atoms with Gasteiger partial charge in [-0.2, -0.15) is 0 Å². The fourth-order valence-corrected chi connectivity index (χ4v) is 2.37.